The summed E-state index contributed by atoms with van der Waals surface area (Å²) in [5.74, 6) is 1.29. The number of sulfonamides is 1. The minimum absolute atomic E-state index is 0.272. The predicted molar refractivity (Wildman–Crippen MR) is 88.9 cm³/mol. The first kappa shape index (κ1) is 16.4. The number of hydrogen-bond acceptors (Lipinski definition) is 5. The van der Waals surface area contributed by atoms with Gasteiger partial charge in [-0.3, -0.25) is 0 Å². The summed E-state index contributed by atoms with van der Waals surface area (Å²) in [6, 6.07) is 6.82. The van der Waals surface area contributed by atoms with Crippen molar-refractivity contribution in [2.24, 2.45) is 0 Å². The molecule has 0 fully saturated rings. The Kier molecular flexibility index (Phi) is 4.25. The highest BCUT2D eigenvalue weighted by Crippen LogP contribution is 2.19. The van der Waals surface area contributed by atoms with Crippen molar-refractivity contribution >= 4 is 10.0 Å². The monoisotopic (exact) mass is 346 g/mol. The van der Waals surface area contributed by atoms with Crippen LogP contribution in [0.15, 0.2) is 52.2 Å². The largest absolute Gasteiger partial charge is 0.449 e. The normalized spacial score (nSPS) is 12.0. The molecule has 1 aromatic carbocycles. The fraction of sp³-hybridized carbons (Fsp3) is 0.250. The molecule has 0 N–H and O–H groups in total. The zero-order chi connectivity index (χ0) is 17.3. The molecule has 126 valence electrons. The fourth-order valence-electron chi connectivity index (χ4n) is 2.31. The molecular weight excluding hydrogens is 328 g/mol. The van der Waals surface area contributed by atoms with Crippen molar-refractivity contribution in [2.75, 3.05) is 14.1 Å². The summed E-state index contributed by atoms with van der Waals surface area (Å²) >= 11 is 0. The molecule has 0 aliphatic rings. The molecule has 0 saturated heterocycles. The van der Waals surface area contributed by atoms with Gasteiger partial charge in [-0.05, 0) is 17.7 Å². The molecule has 7 nitrogen and oxygen atoms in total. The van der Waals surface area contributed by atoms with E-state index in [1.54, 1.807) is 43.6 Å². The van der Waals surface area contributed by atoms with Crippen molar-refractivity contribution in [3.05, 3.63) is 54.4 Å². The third-order valence-corrected chi connectivity index (χ3v) is 5.45. The topological polar surface area (TPSA) is 81.2 Å². The lowest BCUT2D eigenvalue weighted by Crippen LogP contribution is -2.22. The zero-order valence-electron chi connectivity index (χ0n) is 13.7. The Balaban J connectivity index is 1.85. The number of benzene rings is 1. The van der Waals surface area contributed by atoms with Gasteiger partial charge in [-0.1, -0.05) is 12.1 Å². The van der Waals surface area contributed by atoms with Gasteiger partial charge in [0.15, 0.2) is 11.7 Å². The molecule has 0 atom stereocenters. The number of aryl methyl sites for hydroxylation is 1. The standard InChI is InChI=1S/C16H18N4O3S/c1-12-18-15(11-23-12)16-17-8-9-20(16)10-13-4-6-14(7-5-13)24(21,22)19(2)3/h4-9,11H,10H2,1-3H3. The second kappa shape index (κ2) is 6.21. The van der Waals surface area contributed by atoms with E-state index >= 15 is 0 Å². The Morgan fingerprint density at radius 2 is 1.92 bits per heavy atom. The van der Waals surface area contributed by atoms with Gasteiger partial charge in [0.1, 0.15) is 12.0 Å². The molecule has 2 heterocycles. The number of nitrogens with zero attached hydrogens (tertiary/aromatic N) is 4. The molecule has 24 heavy (non-hydrogen) atoms. The van der Waals surface area contributed by atoms with Crippen LogP contribution in [0.3, 0.4) is 0 Å². The van der Waals surface area contributed by atoms with E-state index in [1.165, 1.54) is 18.4 Å². The first-order valence-corrected chi connectivity index (χ1v) is 8.77. The van der Waals surface area contributed by atoms with Crippen LogP contribution in [0.1, 0.15) is 11.5 Å². The second-order valence-electron chi connectivity index (χ2n) is 5.56. The quantitative estimate of drug-likeness (QED) is 0.707. The van der Waals surface area contributed by atoms with Gasteiger partial charge in [-0.25, -0.2) is 22.7 Å². The summed E-state index contributed by atoms with van der Waals surface area (Å²) in [6.45, 7) is 2.34. The average molecular weight is 346 g/mol. The summed E-state index contributed by atoms with van der Waals surface area (Å²) in [5, 5.41) is 0. The lowest BCUT2D eigenvalue weighted by Gasteiger charge is -2.12. The lowest BCUT2D eigenvalue weighted by atomic mass is 10.2. The Morgan fingerprint density at radius 1 is 1.21 bits per heavy atom. The van der Waals surface area contributed by atoms with E-state index in [4.69, 9.17) is 4.42 Å². The third-order valence-electron chi connectivity index (χ3n) is 3.62. The van der Waals surface area contributed by atoms with Crippen LogP contribution in [0.5, 0.6) is 0 Å². The SMILES string of the molecule is Cc1nc(-c2nccn2Cc2ccc(S(=O)(=O)N(C)C)cc2)co1. The Labute approximate surface area is 140 Å². The number of oxazole rings is 1. The molecule has 8 heteroatoms. The summed E-state index contributed by atoms with van der Waals surface area (Å²) in [6.07, 6.45) is 5.12. The molecule has 0 radical (unpaired) electrons. The Hall–Kier alpha value is -2.45. The summed E-state index contributed by atoms with van der Waals surface area (Å²) in [5.41, 5.74) is 1.64. The van der Waals surface area contributed by atoms with Gasteiger partial charge in [-0.2, -0.15) is 0 Å². The van der Waals surface area contributed by atoms with E-state index in [9.17, 15) is 8.42 Å². The van der Waals surface area contributed by atoms with E-state index in [-0.39, 0.29) is 4.90 Å². The molecule has 0 saturated carbocycles. The van der Waals surface area contributed by atoms with Crippen molar-refractivity contribution in [1.82, 2.24) is 18.8 Å². The highest BCUT2D eigenvalue weighted by atomic mass is 32.2. The van der Waals surface area contributed by atoms with Crippen molar-refractivity contribution < 1.29 is 12.8 Å². The first-order valence-electron chi connectivity index (χ1n) is 7.33. The number of rotatable bonds is 5. The molecule has 0 spiro atoms. The van der Waals surface area contributed by atoms with E-state index in [0.29, 0.717) is 24.0 Å². The molecule has 3 rings (SSSR count). The van der Waals surface area contributed by atoms with E-state index in [1.807, 2.05) is 10.8 Å². The predicted octanol–water partition coefficient (Wildman–Crippen LogP) is 2.15. The molecule has 0 aliphatic carbocycles. The van der Waals surface area contributed by atoms with Crippen molar-refractivity contribution in [3.8, 4) is 11.5 Å². The van der Waals surface area contributed by atoms with Crippen LogP contribution in [0, 0.1) is 6.92 Å². The number of imidazole rings is 1. The Morgan fingerprint density at radius 3 is 2.50 bits per heavy atom. The van der Waals surface area contributed by atoms with E-state index in [0.717, 1.165) is 5.56 Å². The molecule has 3 aromatic rings. The van der Waals surface area contributed by atoms with E-state index < -0.39 is 10.0 Å². The lowest BCUT2D eigenvalue weighted by molar-refractivity contribution is 0.520. The van der Waals surface area contributed by atoms with Crippen LogP contribution in [0.4, 0.5) is 0 Å². The molecule has 0 bridgehead atoms. The summed E-state index contributed by atoms with van der Waals surface area (Å²) < 4.78 is 32.6. The number of aromatic nitrogens is 3. The van der Waals surface area contributed by atoms with Gasteiger partial charge in [0, 0.05) is 40.0 Å². The number of hydrogen-bond donors (Lipinski definition) is 0. The zero-order valence-corrected chi connectivity index (χ0v) is 14.5. The second-order valence-corrected chi connectivity index (χ2v) is 7.71. The maximum absolute atomic E-state index is 12.1. The van der Waals surface area contributed by atoms with Crippen LogP contribution in [0.2, 0.25) is 0 Å². The summed E-state index contributed by atoms with van der Waals surface area (Å²) in [7, 11) is -0.383. The highest BCUT2D eigenvalue weighted by molar-refractivity contribution is 7.89. The van der Waals surface area contributed by atoms with Gasteiger partial charge in [0.05, 0.1) is 4.90 Å². The maximum Gasteiger partial charge on any atom is 0.242 e. The van der Waals surface area contributed by atoms with Gasteiger partial charge < -0.3 is 8.98 Å². The molecule has 2 aromatic heterocycles. The van der Waals surface area contributed by atoms with Crippen molar-refractivity contribution in [1.29, 1.82) is 0 Å². The maximum atomic E-state index is 12.1. The highest BCUT2D eigenvalue weighted by Gasteiger charge is 2.17. The van der Waals surface area contributed by atoms with Crippen LogP contribution < -0.4 is 0 Å². The van der Waals surface area contributed by atoms with Crippen LogP contribution in [-0.2, 0) is 16.6 Å². The van der Waals surface area contributed by atoms with Gasteiger partial charge >= 0.3 is 0 Å². The first-order chi connectivity index (χ1) is 11.4. The minimum Gasteiger partial charge on any atom is -0.449 e. The molecule has 0 amide bonds. The fourth-order valence-corrected chi connectivity index (χ4v) is 3.21. The van der Waals surface area contributed by atoms with Crippen molar-refractivity contribution in [3.63, 3.8) is 0 Å². The van der Waals surface area contributed by atoms with Crippen LogP contribution >= 0.6 is 0 Å². The van der Waals surface area contributed by atoms with Crippen LogP contribution in [-0.4, -0.2) is 41.4 Å². The van der Waals surface area contributed by atoms with Crippen molar-refractivity contribution in [2.45, 2.75) is 18.4 Å². The average Bonchev–Trinajstić information content (AvgIpc) is 3.16. The molecular formula is C16H18N4O3S. The molecule has 0 unspecified atom stereocenters. The van der Waals surface area contributed by atoms with Gasteiger partial charge in [0.25, 0.3) is 0 Å². The van der Waals surface area contributed by atoms with Gasteiger partial charge in [0.2, 0.25) is 10.0 Å². The third kappa shape index (κ3) is 3.10. The van der Waals surface area contributed by atoms with Crippen LogP contribution in [0.25, 0.3) is 11.5 Å². The molecule has 0 aliphatic heterocycles. The minimum atomic E-state index is -3.41. The summed E-state index contributed by atoms with van der Waals surface area (Å²) in [4.78, 5) is 8.87. The Bertz CT molecular complexity index is 940. The van der Waals surface area contributed by atoms with E-state index in [2.05, 4.69) is 9.97 Å². The van der Waals surface area contributed by atoms with Gasteiger partial charge in [-0.15, -0.1) is 0 Å². The smallest absolute Gasteiger partial charge is 0.242 e.